The third-order valence-corrected chi connectivity index (χ3v) is 13.5. The Morgan fingerprint density at radius 3 is 1.01 bits per heavy atom. The Morgan fingerprint density at radius 2 is 0.657 bits per heavy atom. The van der Waals surface area contributed by atoms with Gasteiger partial charge >= 0.3 is 0 Å². The first-order chi connectivity index (χ1) is 33.1. The summed E-state index contributed by atoms with van der Waals surface area (Å²) in [5, 5.41) is 10.3. The number of hydrogen-bond acceptors (Lipinski definition) is 10. The van der Waals surface area contributed by atoms with Crippen LogP contribution in [0.1, 0.15) is 39.5 Å². The molecule has 3 saturated heterocycles. The molecule has 3 fully saturated rings. The Balaban J connectivity index is 0.000000149. The number of benzene rings is 3. The second-order valence-corrected chi connectivity index (χ2v) is 18.2. The molecule has 3 aromatic heterocycles. The highest BCUT2D eigenvalue weighted by Crippen LogP contribution is 2.15. The highest BCUT2D eigenvalue weighted by atomic mass is 16.3. The van der Waals surface area contributed by atoms with Gasteiger partial charge in [0.05, 0.1) is 6.10 Å². The van der Waals surface area contributed by atoms with Gasteiger partial charge in [-0.25, -0.2) is 0 Å². The molecule has 0 aliphatic carbocycles. The molecule has 0 bridgehead atoms. The van der Waals surface area contributed by atoms with E-state index in [1.165, 1.54) is 93.3 Å². The number of aliphatic hydroxyl groups is 1. The third-order valence-electron chi connectivity index (χ3n) is 13.5. The van der Waals surface area contributed by atoms with Crippen LogP contribution >= 0.6 is 0 Å². The fourth-order valence-electron chi connectivity index (χ4n) is 9.06. The van der Waals surface area contributed by atoms with Crippen LogP contribution in [0.3, 0.4) is 0 Å². The maximum absolute atomic E-state index is 10.3. The van der Waals surface area contributed by atoms with Crippen LogP contribution in [0.5, 0.6) is 0 Å². The Bertz CT molecular complexity index is 1930. The lowest BCUT2D eigenvalue weighted by Gasteiger charge is -2.35. The largest absolute Gasteiger partial charge is 0.387 e. The standard InChI is InChI=1S/C19H25N3O.2C19H25N3/c23-19(18-7-4-9-20-15-18)16-22-13-11-21(12-14-22)10-8-17-5-2-1-3-6-17;1-2-5-18(6-3-1)8-11-21-13-15-22(16-14-21)12-9-19-7-4-10-20-17-19;1-2-4-18(5-3-1)8-12-21-14-16-22(17-15-21)13-9-19-6-10-20-11-7-19/h1-7,9,15,19,23H,8,10-14,16H2;1-7,10,17H,8-9,11-16H2;1-7,10-11H,8-9,12-17H2. The SMILES string of the molecule is OC(CN1CCN(CCc2ccccc2)CC1)c1cccnc1.c1ccc(CCN2CCN(CCc3cccnc3)CC2)cc1.c1ccc(CCN2CCN(CCc3ccncc3)CC2)cc1. The van der Waals surface area contributed by atoms with E-state index in [1.54, 1.807) is 12.4 Å². The number of nitrogens with zero attached hydrogens (tertiary/aromatic N) is 9. The highest BCUT2D eigenvalue weighted by molar-refractivity contribution is 5.17. The molecule has 9 rings (SSSR count). The zero-order valence-electron chi connectivity index (χ0n) is 39.9. The number of β-amino-alcohol motifs (C(OH)–C–C–N with tert-alkyl or cyclic N) is 1. The number of hydrogen-bond donors (Lipinski definition) is 1. The lowest BCUT2D eigenvalue weighted by Crippen LogP contribution is -2.47. The van der Waals surface area contributed by atoms with E-state index in [1.807, 2.05) is 43.0 Å². The van der Waals surface area contributed by atoms with Crippen LogP contribution in [0.15, 0.2) is 165 Å². The van der Waals surface area contributed by atoms with Crippen molar-refractivity contribution in [3.05, 3.63) is 198 Å². The molecular formula is C57H75N9O. The summed E-state index contributed by atoms with van der Waals surface area (Å²) in [7, 11) is 0. The molecule has 0 saturated carbocycles. The summed E-state index contributed by atoms with van der Waals surface area (Å²) >= 11 is 0. The molecule has 3 aliphatic heterocycles. The first-order valence-corrected chi connectivity index (χ1v) is 24.9. The number of piperazine rings is 3. The van der Waals surface area contributed by atoms with E-state index < -0.39 is 6.10 Å². The average Bonchev–Trinajstić information content (AvgIpc) is 3.41. The van der Waals surface area contributed by atoms with Crippen LogP contribution < -0.4 is 0 Å². The van der Waals surface area contributed by atoms with E-state index in [-0.39, 0.29) is 0 Å². The van der Waals surface area contributed by atoms with Gasteiger partial charge in [0.25, 0.3) is 0 Å². The van der Waals surface area contributed by atoms with E-state index >= 15 is 0 Å². The van der Waals surface area contributed by atoms with E-state index in [0.717, 1.165) is 83.5 Å². The van der Waals surface area contributed by atoms with Crippen molar-refractivity contribution in [2.24, 2.45) is 0 Å². The lowest BCUT2D eigenvalue weighted by atomic mass is 10.1. The molecule has 10 heteroatoms. The number of aliphatic hydroxyl groups excluding tert-OH is 1. The van der Waals surface area contributed by atoms with Crippen molar-refractivity contribution in [3.8, 4) is 0 Å². The minimum Gasteiger partial charge on any atom is -0.387 e. The second-order valence-electron chi connectivity index (χ2n) is 18.2. The molecule has 1 N–H and O–H groups in total. The molecule has 6 aromatic rings. The zero-order chi connectivity index (χ0) is 46.0. The Labute approximate surface area is 401 Å². The van der Waals surface area contributed by atoms with Crippen molar-refractivity contribution < 1.29 is 5.11 Å². The van der Waals surface area contributed by atoms with Crippen LogP contribution in [0.2, 0.25) is 0 Å². The molecule has 67 heavy (non-hydrogen) atoms. The van der Waals surface area contributed by atoms with Crippen molar-refractivity contribution >= 4 is 0 Å². The quantitative estimate of drug-likeness (QED) is 0.0981. The summed E-state index contributed by atoms with van der Waals surface area (Å²) in [6.07, 6.45) is 16.3. The maximum atomic E-state index is 10.3. The Hall–Kier alpha value is -5.17. The molecule has 1 atom stereocenters. The van der Waals surface area contributed by atoms with Crippen molar-refractivity contribution in [1.29, 1.82) is 0 Å². The summed E-state index contributed by atoms with van der Waals surface area (Å²) in [5.41, 5.74) is 7.93. The first kappa shape index (κ1) is 49.7. The Kier molecular flexibility index (Phi) is 21.4. The third kappa shape index (κ3) is 18.8. The fourth-order valence-corrected chi connectivity index (χ4v) is 9.06. The predicted octanol–water partition coefficient (Wildman–Crippen LogP) is 6.94. The average molecular weight is 902 g/mol. The van der Waals surface area contributed by atoms with E-state index in [2.05, 4.69) is 154 Å². The van der Waals surface area contributed by atoms with Gasteiger partial charge in [-0.3, -0.25) is 19.9 Å². The van der Waals surface area contributed by atoms with Crippen LogP contribution in [0.4, 0.5) is 0 Å². The van der Waals surface area contributed by atoms with Crippen molar-refractivity contribution in [2.45, 2.75) is 38.2 Å². The molecule has 0 spiro atoms. The van der Waals surface area contributed by atoms with Gasteiger partial charge in [-0.05, 0) is 84.2 Å². The summed E-state index contributed by atoms with van der Waals surface area (Å²) in [6, 6.07) is 44.5. The van der Waals surface area contributed by atoms with E-state index in [9.17, 15) is 5.11 Å². The summed E-state index contributed by atoms with van der Waals surface area (Å²) < 4.78 is 0. The summed E-state index contributed by atoms with van der Waals surface area (Å²) in [5.74, 6) is 0. The molecule has 3 aliphatic rings. The molecular weight excluding hydrogens is 827 g/mol. The zero-order valence-corrected chi connectivity index (χ0v) is 39.9. The fraction of sp³-hybridized carbons (Fsp3) is 0.421. The van der Waals surface area contributed by atoms with Crippen molar-refractivity contribution in [1.82, 2.24) is 44.4 Å². The van der Waals surface area contributed by atoms with Gasteiger partial charge in [0.2, 0.25) is 0 Å². The molecule has 1 unspecified atom stereocenters. The van der Waals surface area contributed by atoms with Gasteiger partial charge in [-0.1, -0.05) is 103 Å². The van der Waals surface area contributed by atoms with Gasteiger partial charge in [0.1, 0.15) is 0 Å². The molecule has 0 radical (unpaired) electrons. The van der Waals surface area contributed by atoms with Crippen molar-refractivity contribution in [3.63, 3.8) is 0 Å². The van der Waals surface area contributed by atoms with Crippen LogP contribution in [-0.2, 0) is 32.1 Å². The lowest BCUT2D eigenvalue weighted by molar-refractivity contribution is 0.0728. The maximum Gasteiger partial charge on any atom is 0.0931 e. The van der Waals surface area contributed by atoms with Gasteiger partial charge in [0.15, 0.2) is 0 Å². The number of rotatable bonds is 18. The van der Waals surface area contributed by atoms with Crippen LogP contribution in [0, 0.1) is 0 Å². The van der Waals surface area contributed by atoms with Crippen LogP contribution in [0.25, 0.3) is 0 Å². The second kappa shape index (κ2) is 28.9. The molecule has 0 amide bonds. The summed E-state index contributed by atoms with van der Waals surface area (Å²) in [4.78, 5) is 27.5. The minimum atomic E-state index is -0.445. The normalized spacial score (nSPS) is 17.1. The van der Waals surface area contributed by atoms with Crippen molar-refractivity contribution in [2.75, 3.05) is 118 Å². The van der Waals surface area contributed by atoms with Gasteiger partial charge in [-0.15, -0.1) is 0 Å². The molecule has 10 nitrogen and oxygen atoms in total. The monoisotopic (exact) mass is 902 g/mol. The van der Waals surface area contributed by atoms with Gasteiger partial charge < -0.3 is 29.6 Å². The summed E-state index contributed by atoms with van der Waals surface area (Å²) in [6.45, 7) is 20.2. The van der Waals surface area contributed by atoms with E-state index in [4.69, 9.17) is 0 Å². The highest BCUT2D eigenvalue weighted by Gasteiger charge is 2.21. The van der Waals surface area contributed by atoms with Gasteiger partial charge in [-0.2, -0.15) is 0 Å². The number of aromatic nitrogens is 3. The molecule has 6 heterocycles. The molecule has 354 valence electrons. The minimum absolute atomic E-state index is 0.445. The van der Waals surface area contributed by atoms with Crippen LogP contribution in [-0.4, -0.2) is 167 Å². The predicted molar refractivity (Wildman–Crippen MR) is 274 cm³/mol. The Morgan fingerprint density at radius 1 is 0.328 bits per heavy atom. The van der Waals surface area contributed by atoms with E-state index in [0.29, 0.717) is 6.54 Å². The topological polar surface area (TPSA) is 78.3 Å². The smallest absolute Gasteiger partial charge is 0.0931 e. The number of pyridine rings is 3. The molecule has 3 aromatic carbocycles. The van der Waals surface area contributed by atoms with Gasteiger partial charge in [0, 0.05) is 161 Å². The first-order valence-electron chi connectivity index (χ1n) is 24.9.